The number of nitrogens with zero attached hydrogens (tertiary/aromatic N) is 1. The Hall–Kier alpha value is -2.14. The third kappa shape index (κ3) is 2.83. The molecular formula is C16H13FN2OS. The van der Waals surface area contributed by atoms with Gasteiger partial charge in [0.15, 0.2) is 10.9 Å². The number of hydrogen-bond donors (Lipinski definition) is 1. The van der Waals surface area contributed by atoms with Gasteiger partial charge < -0.3 is 4.98 Å². The number of carbonyl (C=O) groups excluding carboxylic acids is 1. The number of halogens is 1. The van der Waals surface area contributed by atoms with E-state index in [1.54, 1.807) is 6.07 Å². The number of aromatic amines is 1. The lowest BCUT2D eigenvalue weighted by molar-refractivity contribution is 0.101. The standard InChI is InChI=1S/C16H13FN2OS/c1-9-3-5-13-14(7-9)19-16(18-13)21-15-6-4-11(17)8-12(15)10(2)20/h3-8H,1-2H3,(H,18,19). The maximum Gasteiger partial charge on any atom is 0.171 e. The first-order valence-corrected chi connectivity index (χ1v) is 7.29. The van der Waals surface area contributed by atoms with Crippen molar-refractivity contribution in [1.29, 1.82) is 0 Å². The van der Waals surface area contributed by atoms with E-state index in [4.69, 9.17) is 0 Å². The van der Waals surface area contributed by atoms with Crippen LogP contribution >= 0.6 is 11.8 Å². The Balaban J connectivity index is 2.00. The second kappa shape index (κ2) is 5.33. The van der Waals surface area contributed by atoms with Gasteiger partial charge in [0, 0.05) is 10.5 Å². The molecular weight excluding hydrogens is 287 g/mol. The van der Waals surface area contributed by atoms with E-state index in [0.717, 1.165) is 16.6 Å². The van der Waals surface area contributed by atoms with Crippen LogP contribution in [-0.2, 0) is 0 Å². The Morgan fingerprint density at radius 1 is 1.24 bits per heavy atom. The van der Waals surface area contributed by atoms with E-state index < -0.39 is 5.82 Å². The van der Waals surface area contributed by atoms with Gasteiger partial charge in [0.1, 0.15) is 5.82 Å². The van der Waals surface area contributed by atoms with Crippen molar-refractivity contribution in [2.45, 2.75) is 23.9 Å². The Bertz CT molecular complexity index is 841. The zero-order valence-corrected chi connectivity index (χ0v) is 12.4. The van der Waals surface area contributed by atoms with Crippen molar-refractivity contribution in [2.24, 2.45) is 0 Å². The van der Waals surface area contributed by atoms with Crippen molar-refractivity contribution in [3.8, 4) is 0 Å². The first kappa shape index (κ1) is 13.8. The van der Waals surface area contributed by atoms with Gasteiger partial charge in [0.05, 0.1) is 11.0 Å². The van der Waals surface area contributed by atoms with Crippen molar-refractivity contribution in [3.63, 3.8) is 0 Å². The van der Waals surface area contributed by atoms with Gasteiger partial charge in [-0.25, -0.2) is 9.37 Å². The van der Waals surface area contributed by atoms with Crippen LogP contribution in [0, 0.1) is 12.7 Å². The largest absolute Gasteiger partial charge is 0.333 e. The van der Waals surface area contributed by atoms with Gasteiger partial charge in [-0.2, -0.15) is 0 Å². The van der Waals surface area contributed by atoms with Gasteiger partial charge in [-0.3, -0.25) is 4.79 Å². The minimum atomic E-state index is -0.412. The number of H-pyrrole nitrogens is 1. The lowest BCUT2D eigenvalue weighted by Crippen LogP contribution is -1.96. The SMILES string of the molecule is CC(=O)c1cc(F)ccc1Sc1nc2ccc(C)cc2[nH]1. The number of benzene rings is 2. The average Bonchev–Trinajstić information content (AvgIpc) is 2.82. The monoisotopic (exact) mass is 300 g/mol. The Kier molecular flexibility index (Phi) is 3.51. The predicted octanol–water partition coefficient (Wildman–Crippen LogP) is 4.36. The summed E-state index contributed by atoms with van der Waals surface area (Å²) >= 11 is 1.33. The van der Waals surface area contributed by atoms with E-state index in [9.17, 15) is 9.18 Å². The molecule has 3 rings (SSSR count). The van der Waals surface area contributed by atoms with E-state index in [-0.39, 0.29) is 5.78 Å². The number of carbonyl (C=O) groups is 1. The summed E-state index contributed by atoms with van der Waals surface area (Å²) in [6.07, 6.45) is 0. The molecule has 0 saturated heterocycles. The molecule has 3 aromatic rings. The van der Waals surface area contributed by atoms with Crippen LogP contribution in [0.15, 0.2) is 46.5 Å². The molecule has 0 amide bonds. The second-order valence-electron chi connectivity index (χ2n) is 4.86. The summed E-state index contributed by atoms with van der Waals surface area (Å²) in [7, 11) is 0. The summed E-state index contributed by atoms with van der Waals surface area (Å²) in [5.41, 5.74) is 3.34. The second-order valence-corrected chi connectivity index (χ2v) is 5.89. The summed E-state index contributed by atoms with van der Waals surface area (Å²) in [6.45, 7) is 3.45. The van der Waals surface area contributed by atoms with Gasteiger partial charge in [0.25, 0.3) is 0 Å². The highest BCUT2D eigenvalue weighted by Gasteiger charge is 2.12. The number of fused-ring (bicyclic) bond motifs is 1. The van der Waals surface area contributed by atoms with Crippen LogP contribution in [0.1, 0.15) is 22.8 Å². The van der Waals surface area contributed by atoms with Crippen molar-refractivity contribution in [3.05, 3.63) is 53.3 Å². The molecule has 1 aromatic heterocycles. The number of imidazole rings is 1. The summed E-state index contributed by atoms with van der Waals surface area (Å²) in [5, 5.41) is 0.685. The number of hydrogen-bond acceptors (Lipinski definition) is 3. The number of aromatic nitrogens is 2. The Morgan fingerprint density at radius 3 is 2.81 bits per heavy atom. The smallest absolute Gasteiger partial charge is 0.171 e. The molecule has 0 radical (unpaired) electrons. The van der Waals surface area contributed by atoms with Crippen molar-refractivity contribution < 1.29 is 9.18 Å². The summed E-state index contributed by atoms with van der Waals surface area (Å²) in [4.78, 5) is 20.0. The number of ketones is 1. The molecule has 0 bridgehead atoms. The molecule has 21 heavy (non-hydrogen) atoms. The summed E-state index contributed by atoms with van der Waals surface area (Å²) in [6, 6.07) is 10.2. The third-order valence-electron chi connectivity index (χ3n) is 3.14. The van der Waals surface area contributed by atoms with Gasteiger partial charge >= 0.3 is 0 Å². The van der Waals surface area contributed by atoms with Crippen LogP contribution in [-0.4, -0.2) is 15.8 Å². The molecule has 1 N–H and O–H groups in total. The lowest BCUT2D eigenvalue weighted by atomic mass is 10.1. The minimum absolute atomic E-state index is 0.163. The summed E-state index contributed by atoms with van der Waals surface area (Å²) in [5.74, 6) is -0.575. The number of rotatable bonds is 3. The van der Waals surface area contributed by atoms with E-state index >= 15 is 0 Å². The minimum Gasteiger partial charge on any atom is -0.333 e. The molecule has 0 fully saturated rings. The van der Waals surface area contributed by atoms with E-state index in [2.05, 4.69) is 9.97 Å². The molecule has 0 aliphatic rings. The van der Waals surface area contributed by atoms with E-state index in [1.807, 2.05) is 25.1 Å². The van der Waals surface area contributed by atoms with Crippen molar-refractivity contribution >= 4 is 28.6 Å². The molecule has 3 nitrogen and oxygen atoms in total. The third-order valence-corrected chi connectivity index (χ3v) is 4.11. The fraction of sp³-hybridized carbons (Fsp3) is 0.125. The Labute approximate surface area is 125 Å². The fourth-order valence-electron chi connectivity index (χ4n) is 2.12. The number of Topliss-reactive ketones (excluding diaryl/α,β-unsaturated/α-hetero) is 1. The van der Waals surface area contributed by atoms with Crippen molar-refractivity contribution in [1.82, 2.24) is 9.97 Å². The maximum absolute atomic E-state index is 13.3. The fourth-order valence-corrected chi connectivity index (χ4v) is 3.08. The number of nitrogens with one attached hydrogen (secondary N) is 1. The van der Waals surface area contributed by atoms with Gasteiger partial charge in [-0.15, -0.1) is 0 Å². The topological polar surface area (TPSA) is 45.8 Å². The van der Waals surface area contributed by atoms with Crippen LogP contribution in [0.25, 0.3) is 11.0 Å². The van der Waals surface area contributed by atoms with Crippen LogP contribution < -0.4 is 0 Å². The lowest BCUT2D eigenvalue weighted by Gasteiger charge is -2.04. The number of aryl methyl sites for hydroxylation is 1. The summed E-state index contributed by atoms with van der Waals surface area (Å²) < 4.78 is 13.3. The first-order valence-electron chi connectivity index (χ1n) is 6.47. The molecule has 1 heterocycles. The molecule has 5 heteroatoms. The van der Waals surface area contributed by atoms with Crippen LogP contribution in [0.4, 0.5) is 4.39 Å². The molecule has 106 valence electrons. The predicted molar refractivity (Wildman–Crippen MR) is 81.4 cm³/mol. The molecule has 2 aromatic carbocycles. The first-order chi connectivity index (χ1) is 10.0. The molecule has 0 aliphatic carbocycles. The molecule has 0 aliphatic heterocycles. The van der Waals surface area contributed by atoms with E-state index in [0.29, 0.717) is 15.6 Å². The normalized spacial score (nSPS) is 11.0. The van der Waals surface area contributed by atoms with Crippen LogP contribution in [0.5, 0.6) is 0 Å². The highest BCUT2D eigenvalue weighted by Crippen LogP contribution is 2.30. The molecule has 0 atom stereocenters. The zero-order valence-electron chi connectivity index (χ0n) is 11.6. The quantitative estimate of drug-likeness (QED) is 0.731. The van der Waals surface area contributed by atoms with Gasteiger partial charge in [0.2, 0.25) is 0 Å². The highest BCUT2D eigenvalue weighted by atomic mass is 32.2. The van der Waals surface area contributed by atoms with Gasteiger partial charge in [-0.05, 0) is 49.7 Å². The average molecular weight is 300 g/mol. The van der Waals surface area contributed by atoms with Crippen LogP contribution in [0.3, 0.4) is 0 Å². The molecule has 0 unspecified atom stereocenters. The van der Waals surface area contributed by atoms with E-state index in [1.165, 1.54) is 30.8 Å². The van der Waals surface area contributed by atoms with Crippen LogP contribution in [0.2, 0.25) is 0 Å². The zero-order chi connectivity index (χ0) is 15.0. The van der Waals surface area contributed by atoms with Crippen molar-refractivity contribution in [2.75, 3.05) is 0 Å². The molecule has 0 saturated carbocycles. The van der Waals surface area contributed by atoms with Gasteiger partial charge in [-0.1, -0.05) is 17.8 Å². The maximum atomic E-state index is 13.3. The molecule has 0 spiro atoms. The highest BCUT2D eigenvalue weighted by molar-refractivity contribution is 7.99. The Morgan fingerprint density at radius 2 is 2.05 bits per heavy atom.